The maximum Gasteiger partial charge on any atom is 0.161 e. The topological polar surface area (TPSA) is 38.0 Å². The summed E-state index contributed by atoms with van der Waals surface area (Å²) in [6, 6.07) is 1.29. The van der Waals surface area contributed by atoms with Crippen molar-refractivity contribution in [3.05, 3.63) is 35.1 Å². The fourth-order valence-electron chi connectivity index (χ4n) is 1.62. The van der Waals surface area contributed by atoms with Crippen molar-refractivity contribution in [2.75, 3.05) is 6.54 Å². The first-order chi connectivity index (χ1) is 7.61. The maximum atomic E-state index is 13.4. The van der Waals surface area contributed by atoms with Gasteiger partial charge in [0.05, 0.1) is 0 Å². The van der Waals surface area contributed by atoms with Gasteiger partial charge in [0.1, 0.15) is 5.82 Å². The largest absolute Gasteiger partial charge is 0.329 e. The third kappa shape index (κ3) is 2.36. The van der Waals surface area contributed by atoms with Crippen LogP contribution in [0.15, 0.2) is 12.1 Å². The van der Waals surface area contributed by atoms with E-state index >= 15 is 0 Å². The number of hydrogen-bond donors (Lipinski definition) is 2. The van der Waals surface area contributed by atoms with E-state index in [9.17, 15) is 13.2 Å². The highest BCUT2D eigenvalue weighted by Gasteiger charge is 2.26. The molecule has 0 radical (unpaired) electrons. The van der Waals surface area contributed by atoms with Crippen molar-refractivity contribution in [1.82, 2.24) is 5.32 Å². The van der Waals surface area contributed by atoms with Gasteiger partial charge >= 0.3 is 0 Å². The van der Waals surface area contributed by atoms with Crippen molar-refractivity contribution in [1.29, 1.82) is 0 Å². The van der Waals surface area contributed by atoms with E-state index in [2.05, 4.69) is 5.32 Å². The van der Waals surface area contributed by atoms with Crippen LogP contribution in [0.2, 0.25) is 0 Å². The molecule has 0 spiro atoms. The van der Waals surface area contributed by atoms with E-state index < -0.39 is 23.5 Å². The van der Waals surface area contributed by atoms with Gasteiger partial charge in [-0.25, -0.2) is 13.2 Å². The molecule has 1 aliphatic rings. The minimum atomic E-state index is -1.18. The van der Waals surface area contributed by atoms with Crippen molar-refractivity contribution in [3.63, 3.8) is 0 Å². The highest BCUT2D eigenvalue weighted by atomic mass is 19.2. The third-order valence-corrected chi connectivity index (χ3v) is 2.66. The highest BCUT2D eigenvalue weighted by Crippen LogP contribution is 2.26. The Labute approximate surface area is 91.6 Å². The number of nitrogens with one attached hydrogen (secondary N) is 1. The van der Waals surface area contributed by atoms with Crippen molar-refractivity contribution in [2.45, 2.75) is 24.9 Å². The van der Waals surface area contributed by atoms with Gasteiger partial charge in [-0.15, -0.1) is 0 Å². The number of hydrogen-bond acceptors (Lipinski definition) is 2. The first-order valence-corrected chi connectivity index (χ1v) is 5.22. The van der Waals surface area contributed by atoms with E-state index in [1.807, 2.05) is 0 Å². The molecule has 0 aromatic heterocycles. The van der Waals surface area contributed by atoms with Crippen LogP contribution < -0.4 is 11.1 Å². The summed E-state index contributed by atoms with van der Waals surface area (Å²) in [5, 5.41) is 3.09. The highest BCUT2D eigenvalue weighted by molar-refractivity contribution is 5.24. The molecule has 88 valence electrons. The molecule has 2 rings (SSSR count). The van der Waals surface area contributed by atoms with Gasteiger partial charge in [0.15, 0.2) is 11.6 Å². The van der Waals surface area contributed by atoms with Crippen LogP contribution in [-0.2, 0) is 0 Å². The van der Waals surface area contributed by atoms with E-state index in [4.69, 9.17) is 5.73 Å². The second kappa shape index (κ2) is 4.43. The average molecular weight is 230 g/mol. The van der Waals surface area contributed by atoms with Crippen molar-refractivity contribution in [3.8, 4) is 0 Å². The predicted octanol–water partition coefficient (Wildman–Crippen LogP) is 1.86. The first-order valence-electron chi connectivity index (χ1n) is 5.22. The zero-order chi connectivity index (χ0) is 11.7. The summed E-state index contributed by atoms with van der Waals surface area (Å²) in [6.07, 6.45) is 2.03. The zero-order valence-electron chi connectivity index (χ0n) is 8.64. The summed E-state index contributed by atoms with van der Waals surface area (Å²) < 4.78 is 39.2. The van der Waals surface area contributed by atoms with Gasteiger partial charge in [0, 0.05) is 30.3 Å². The Bertz CT molecular complexity index is 391. The lowest BCUT2D eigenvalue weighted by atomic mass is 10.1. The minimum Gasteiger partial charge on any atom is -0.329 e. The molecular formula is C11H13F3N2. The Morgan fingerprint density at radius 3 is 2.38 bits per heavy atom. The summed E-state index contributed by atoms with van der Waals surface area (Å²) in [6.45, 7) is 0.151. The van der Waals surface area contributed by atoms with Crippen molar-refractivity contribution < 1.29 is 13.2 Å². The SMILES string of the molecule is NCC(NC1CC1)c1cc(F)c(F)cc1F. The van der Waals surface area contributed by atoms with Gasteiger partial charge in [-0.3, -0.25) is 0 Å². The van der Waals surface area contributed by atoms with Crippen LogP contribution in [0.1, 0.15) is 24.4 Å². The summed E-state index contributed by atoms with van der Waals surface area (Å²) >= 11 is 0. The van der Waals surface area contributed by atoms with Crippen LogP contribution in [0.4, 0.5) is 13.2 Å². The Kier molecular flexibility index (Phi) is 3.16. The standard InChI is InChI=1S/C11H13F3N2/c12-8-4-10(14)9(13)3-7(8)11(5-15)16-6-1-2-6/h3-4,6,11,16H,1-2,5,15H2. The third-order valence-electron chi connectivity index (χ3n) is 2.66. The van der Waals surface area contributed by atoms with Gasteiger partial charge in [0.25, 0.3) is 0 Å². The first kappa shape index (κ1) is 11.4. The summed E-state index contributed by atoms with van der Waals surface area (Å²) in [5.41, 5.74) is 5.58. The number of nitrogens with two attached hydrogens (primary N) is 1. The molecule has 5 heteroatoms. The van der Waals surface area contributed by atoms with Crippen molar-refractivity contribution >= 4 is 0 Å². The van der Waals surface area contributed by atoms with Gasteiger partial charge in [0.2, 0.25) is 0 Å². The van der Waals surface area contributed by atoms with E-state index in [-0.39, 0.29) is 12.1 Å². The Morgan fingerprint density at radius 2 is 1.81 bits per heavy atom. The van der Waals surface area contributed by atoms with E-state index in [1.165, 1.54) is 0 Å². The summed E-state index contributed by atoms with van der Waals surface area (Å²) in [7, 11) is 0. The van der Waals surface area contributed by atoms with E-state index in [1.54, 1.807) is 0 Å². The van der Waals surface area contributed by atoms with Crippen LogP contribution in [0.3, 0.4) is 0 Å². The molecule has 1 atom stereocenters. The molecule has 2 nitrogen and oxygen atoms in total. The fraction of sp³-hybridized carbons (Fsp3) is 0.455. The van der Waals surface area contributed by atoms with Crippen LogP contribution in [-0.4, -0.2) is 12.6 Å². The van der Waals surface area contributed by atoms with Crippen LogP contribution >= 0.6 is 0 Å². The molecule has 0 aliphatic heterocycles. The average Bonchev–Trinajstić information content (AvgIpc) is 3.04. The quantitative estimate of drug-likeness (QED) is 0.775. The summed E-state index contributed by atoms with van der Waals surface area (Å²) in [5.74, 6) is -2.99. The molecule has 1 aromatic rings. The van der Waals surface area contributed by atoms with Crippen LogP contribution in [0.25, 0.3) is 0 Å². The van der Waals surface area contributed by atoms with Crippen LogP contribution in [0.5, 0.6) is 0 Å². The molecule has 16 heavy (non-hydrogen) atoms. The molecule has 0 bridgehead atoms. The lowest BCUT2D eigenvalue weighted by molar-refractivity contribution is 0.466. The molecule has 0 amide bonds. The second-order valence-electron chi connectivity index (χ2n) is 4.02. The van der Waals surface area contributed by atoms with E-state index in [0.29, 0.717) is 12.1 Å². The van der Waals surface area contributed by atoms with Crippen LogP contribution in [0, 0.1) is 17.5 Å². The molecule has 1 saturated carbocycles. The number of rotatable bonds is 4. The zero-order valence-corrected chi connectivity index (χ0v) is 8.64. The molecule has 1 aromatic carbocycles. The second-order valence-corrected chi connectivity index (χ2v) is 4.02. The molecule has 0 heterocycles. The van der Waals surface area contributed by atoms with Gasteiger partial charge in [-0.05, 0) is 18.9 Å². The van der Waals surface area contributed by atoms with E-state index in [0.717, 1.165) is 18.9 Å². The van der Waals surface area contributed by atoms with Gasteiger partial charge in [-0.2, -0.15) is 0 Å². The molecule has 0 saturated heterocycles. The number of benzene rings is 1. The molecule has 1 fully saturated rings. The smallest absolute Gasteiger partial charge is 0.161 e. The Morgan fingerprint density at radius 1 is 1.19 bits per heavy atom. The predicted molar refractivity (Wildman–Crippen MR) is 54.3 cm³/mol. The number of halogens is 3. The Hall–Kier alpha value is -1.07. The molecule has 1 unspecified atom stereocenters. The van der Waals surface area contributed by atoms with Crippen molar-refractivity contribution in [2.24, 2.45) is 5.73 Å². The normalized spacial score (nSPS) is 17.5. The maximum absolute atomic E-state index is 13.4. The Balaban J connectivity index is 2.25. The monoisotopic (exact) mass is 230 g/mol. The molecule has 3 N–H and O–H groups in total. The minimum absolute atomic E-state index is 0.0910. The fourth-order valence-corrected chi connectivity index (χ4v) is 1.62. The van der Waals surface area contributed by atoms with Gasteiger partial charge < -0.3 is 11.1 Å². The summed E-state index contributed by atoms with van der Waals surface area (Å²) in [4.78, 5) is 0. The lowest BCUT2D eigenvalue weighted by Crippen LogP contribution is -2.30. The van der Waals surface area contributed by atoms with Gasteiger partial charge in [-0.1, -0.05) is 0 Å². The lowest BCUT2D eigenvalue weighted by Gasteiger charge is -2.17. The molecule has 1 aliphatic carbocycles. The molecular weight excluding hydrogens is 217 g/mol.